The molecule has 2 N–H and O–H groups in total. The Hall–Kier alpha value is -1.02. The third-order valence-electron chi connectivity index (χ3n) is 3.46. The second-order valence-corrected chi connectivity index (χ2v) is 4.49. The van der Waals surface area contributed by atoms with E-state index in [4.69, 9.17) is 0 Å². The second-order valence-electron chi connectivity index (χ2n) is 4.49. The van der Waals surface area contributed by atoms with E-state index in [0.29, 0.717) is 11.7 Å². The molecule has 2 unspecified atom stereocenters. The summed E-state index contributed by atoms with van der Waals surface area (Å²) in [6.07, 6.45) is 2.60. The Morgan fingerprint density at radius 1 is 1.33 bits per heavy atom. The first-order valence-electron chi connectivity index (χ1n) is 5.77. The van der Waals surface area contributed by atoms with Gasteiger partial charge in [-0.2, -0.15) is 0 Å². The summed E-state index contributed by atoms with van der Waals surface area (Å²) in [5.74, 6) is 1.68. The number of hydrogen-bond donors (Lipinski definition) is 2. The number of phenolic OH excluding ortho intramolecular Hbond substituents is 1. The molecular weight excluding hydrogens is 186 g/mol. The van der Waals surface area contributed by atoms with Gasteiger partial charge in [0.2, 0.25) is 0 Å². The van der Waals surface area contributed by atoms with Crippen molar-refractivity contribution in [1.82, 2.24) is 5.32 Å². The first-order chi connectivity index (χ1) is 7.27. The van der Waals surface area contributed by atoms with Crippen molar-refractivity contribution in [1.29, 1.82) is 0 Å². The van der Waals surface area contributed by atoms with Crippen molar-refractivity contribution in [2.24, 2.45) is 5.92 Å². The molecule has 1 aromatic carbocycles. The van der Waals surface area contributed by atoms with E-state index in [0.717, 1.165) is 12.5 Å². The third kappa shape index (κ3) is 2.51. The van der Waals surface area contributed by atoms with E-state index in [1.165, 1.54) is 24.9 Å². The molecule has 1 saturated heterocycles. The summed E-state index contributed by atoms with van der Waals surface area (Å²) in [4.78, 5) is 0. The minimum Gasteiger partial charge on any atom is -0.508 e. The van der Waals surface area contributed by atoms with Crippen molar-refractivity contribution in [2.45, 2.75) is 25.7 Å². The lowest BCUT2D eigenvalue weighted by atomic mass is 9.83. The van der Waals surface area contributed by atoms with Gasteiger partial charge in [0.15, 0.2) is 0 Å². The summed E-state index contributed by atoms with van der Waals surface area (Å²) in [6, 6.07) is 7.63. The molecule has 0 aromatic heterocycles. The molecule has 1 heterocycles. The molecule has 2 nitrogen and oxygen atoms in total. The molecule has 1 aliphatic heterocycles. The largest absolute Gasteiger partial charge is 0.508 e. The third-order valence-corrected chi connectivity index (χ3v) is 3.46. The lowest BCUT2D eigenvalue weighted by Gasteiger charge is -2.28. The van der Waals surface area contributed by atoms with Crippen LogP contribution >= 0.6 is 0 Å². The zero-order valence-corrected chi connectivity index (χ0v) is 9.24. The highest BCUT2D eigenvalue weighted by Gasteiger charge is 2.20. The van der Waals surface area contributed by atoms with Crippen LogP contribution in [-0.2, 0) is 0 Å². The van der Waals surface area contributed by atoms with Crippen molar-refractivity contribution in [3.8, 4) is 5.75 Å². The van der Waals surface area contributed by atoms with Crippen molar-refractivity contribution >= 4 is 0 Å². The van der Waals surface area contributed by atoms with Crippen LogP contribution in [0.25, 0.3) is 0 Å². The van der Waals surface area contributed by atoms with Gasteiger partial charge in [-0.25, -0.2) is 0 Å². The molecule has 2 heteroatoms. The van der Waals surface area contributed by atoms with E-state index in [2.05, 4.69) is 12.2 Å². The minimum atomic E-state index is 0.354. The van der Waals surface area contributed by atoms with Gasteiger partial charge < -0.3 is 10.4 Å². The van der Waals surface area contributed by atoms with E-state index < -0.39 is 0 Å². The number of benzene rings is 1. The maximum atomic E-state index is 9.24. The lowest BCUT2D eigenvalue weighted by molar-refractivity contribution is 0.334. The van der Waals surface area contributed by atoms with Gasteiger partial charge in [-0.05, 0) is 55.5 Å². The molecule has 1 aliphatic rings. The fourth-order valence-corrected chi connectivity index (χ4v) is 2.36. The van der Waals surface area contributed by atoms with Gasteiger partial charge >= 0.3 is 0 Å². The van der Waals surface area contributed by atoms with Gasteiger partial charge in [0.05, 0.1) is 0 Å². The Bertz CT molecular complexity index is 301. The lowest BCUT2D eigenvalue weighted by Crippen LogP contribution is -2.32. The van der Waals surface area contributed by atoms with Gasteiger partial charge in [0, 0.05) is 0 Å². The number of hydrogen-bond acceptors (Lipinski definition) is 2. The van der Waals surface area contributed by atoms with Gasteiger partial charge in [0.1, 0.15) is 5.75 Å². The van der Waals surface area contributed by atoms with Gasteiger partial charge in [0.25, 0.3) is 0 Å². The topological polar surface area (TPSA) is 32.3 Å². The molecule has 0 amide bonds. The van der Waals surface area contributed by atoms with Crippen molar-refractivity contribution < 1.29 is 5.11 Å². The smallest absolute Gasteiger partial charge is 0.115 e. The molecule has 0 saturated carbocycles. The Kier molecular flexibility index (Phi) is 3.27. The van der Waals surface area contributed by atoms with E-state index in [-0.39, 0.29) is 0 Å². The molecule has 0 aliphatic carbocycles. The van der Waals surface area contributed by atoms with Crippen LogP contribution in [0.1, 0.15) is 31.2 Å². The Morgan fingerprint density at radius 3 is 2.67 bits per heavy atom. The average Bonchev–Trinajstić information content (AvgIpc) is 2.30. The van der Waals surface area contributed by atoms with E-state index >= 15 is 0 Å². The molecule has 2 rings (SSSR count). The van der Waals surface area contributed by atoms with Crippen LogP contribution in [0.15, 0.2) is 24.3 Å². The van der Waals surface area contributed by atoms with E-state index in [1.807, 2.05) is 12.1 Å². The molecule has 0 spiro atoms. The first kappa shape index (κ1) is 10.5. The summed E-state index contributed by atoms with van der Waals surface area (Å²) in [5, 5.41) is 12.7. The van der Waals surface area contributed by atoms with Crippen LogP contribution in [-0.4, -0.2) is 18.2 Å². The van der Waals surface area contributed by atoms with Crippen LogP contribution in [0.2, 0.25) is 0 Å². The molecule has 1 fully saturated rings. The summed E-state index contributed by atoms with van der Waals surface area (Å²) < 4.78 is 0. The minimum absolute atomic E-state index is 0.354. The number of nitrogens with one attached hydrogen (secondary N) is 1. The van der Waals surface area contributed by atoms with Crippen LogP contribution in [0.3, 0.4) is 0 Å². The average molecular weight is 205 g/mol. The zero-order valence-electron chi connectivity index (χ0n) is 9.24. The maximum absolute atomic E-state index is 9.24. The molecule has 1 aromatic rings. The van der Waals surface area contributed by atoms with Gasteiger partial charge in [-0.15, -0.1) is 0 Å². The molecule has 0 radical (unpaired) electrons. The number of rotatable bonds is 2. The summed E-state index contributed by atoms with van der Waals surface area (Å²) >= 11 is 0. The fraction of sp³-hybridized carbons (Fsp3) is 0.538. The van der Waals surface area contributed by atoms with Gasteiger partial charge in [-0.3, -0.25) is 0 Å². The number of phenols is 1. The van der Waals surface area contributed by atoms with Gasteiger partial charge in [-0.1, -0.05) is 19.1 Å². The SMILES string of the molecule is CC(c1ccc(O)cc1)C1CCCNC1. The molecule has 2 atom stereocenters. The zero-order chi connectivity index (χ0) is 10.7. The normalized spacial score (nSPS) is 23.7. The van der Waals surface area contributed by atoms with Crippen LogP contribution in [0, 0.1) is 5.92 Å². The summed E-state index contributed by atoms with van der Waals surface area (Å²) in [5.41, 5.74) is 1.33. The second kappa shape index (κ2) is 4.67. The Morgan fingerprint density at radius 2 is 2.07 bits per heavy atom. The highest BCUT2D eigenvalue weighted by atomic mass is 16.3. The van der Waals surface area contributed by atoms with Crippen LogP contribution < -0.4 is 5.32 Å². The fourth-order valence-electron chi connectivity index (χ4n) is 2.36. The maximum Gasteiger partial charge on any atom is 0.115 e. The predicted molar refractivity (Wildman–Crippen MR) is 62.1 cm³/mol. The Labute approximate surface area is 91.3 Å². The monoisotopic (exact) mass is 205 g/mol. The summed E-state index contributed by atoms with van der Waals surface area (Å²) in [6.45, 7) is 4.57. The molecular formula is C13H19NO. The Balaban J connectivity index is 2.05. The number of piperidine rings is 1. The van der Waals surface area contributed by atoms with Crippen LogP contribution in [0.5, 0.6) is 5.75 Å². The number of aromatic hydroxyl groups is 1. The quantitative estimate of drug-likeness (QED) is 0.777. The molecule has 15 heavy (non-hydrogen) atoms. The first-order valence-corrected chi connectivity index (χ1v) is 5.77. The highest BCUT2D eigenvalue weighted by Crippen LogP contribution is 2.29. The molecule has 82 valence electrons. The van der Waals surface area contributed by atoms with Crippen LogP contribution in [0.4, 0.5) is 0 Å². The predicted octanol–water partition coefficient (Wildman–Crippen LogP) is 2.50. The highest BCUT2D eigenvalue weighted by molar-refractivity contribution is 5.28. The standard InChI is InChI=1S/C13H19NO/c1-10(12-3-2-8-14-9-12)11-4-6-13(15)7-5-11/h4-7,10,12,14-15H,2-3,8-9H2,1H3. The van der Waals surface area contributed by atoms with Crippen molar-refractivity contribution in [3.05, 3.63) is 29.8 Å². The van der Waals surface area contributed by atoms with Crippen molar-refractivity contribution in [3.63, 3.8) is 0 Å². The van der Waals surface area contributed by atoms with E-state index in [9.17, 15) is 5.11 Å². The summed E-state index contributed by atoms with van der Waals surface area (Å²) in [7, 11) is 0. The van der Waals surface area contributed by atoms with E-state index in [1.54, 1.807) is 12.1 Å². The van der Waals surface area contributed by atoms with Crippen molar-refractivity contribution in [2.75, 3.05) is 13.1 Å². The molecule has 0 bridgehead atoms.